The molecule has 0 spiro atoms. The van der Waals surface area contributed by atoms with Gasteiger partial charge in [-0.05, 0) is 49.3 Å². The summed E-state index contributed by atoms with van der Waals surface area (Å²) in [6.45, 7) is 8.26. The number of nitrogens with zero attached hydrogens (tertiary/aromatic N) is 1. The molecule has 0 fully saturated rings. The van der Waals surface area contributed by atoms with Gasteiger partial charge in [0, 0.05) is 20.0 Å². The van der Waals surface area contributed by atoms with E-state index in [1.165, 1.54) is 22.3 Å². The smallest absolute Gasteiger partial charge is 0.219 e. The quantitative estimate of drug-likeness (QED) is 0.745. The molecule has 1 aliphatic carbocycles. The monoisotopic (exact) mass is 245 g/mol. The second-order valence-electron chi connectivity index (χ2n) is 5.80. The van der Waals surface area contributed by atoms with E-state index < -0.39 is 0 Å². The van der Waals surface area contributed by atoms with Gasteiger partial charge in [-0.2, -0.15) is 0 Å². The fourth-order valence-electron chi connectivity index (χ4n) is 3.21. The molecule has 1 aliphatic rings. The molecular formula is C16H23NO. The van der Waals surface area contributed by atoms with Gasteiger partial charge in [0.15, 0.2) is 0 Å². The van der Waals surface area contributed by atoms with Crippen molar-refractivity contribution in [3.8, 4) is 0 Å². The van der Waals surface area contributed by atoms with Crippen molar-refractivity contribution in [1.29, 1.82) is 0 Å². The first kappa shape index (κ1) is 13.1. The van der Waals surface area contributed by atoms with Gasteiger partial charge in [-0.25, -0.2) is 0 Å². The van der Waals surface area contributed by atoms with Gasteiger partial charge in [0.2, 0.25) is 5.91 Å². The van der Waals surface area contributed by atoms with E-state index >= 15 is 0 Å². The van der Waals surface area contributed by atoms with Crippen molar-refractivity contribution in [2.24, 2.45) is 5.92 Å². The number of aryl methyl sites for hydroxylation is 2. The normalized spacial score (nSPS) is 22.5. The Morgan fingerprint density at radius 3 is 2.56 bits per heavy atom. The minimum absolute atomic E-state index is 0.167. The van der Waals surface area contributed by atoms with Crippen LogP contribution in [0.1, 0.15) is 36.1 Å². The van der Waals surface area contributed by atoms with Crippen molar-refractivity contribution in [3.63, 3.8) is 0 Å². The lowest BCUT2D eigenvalue weighted by atomic mass is 9.78. The van der Waals surface area contributed by atoms with Crippen LogP contribution in [-0.2, 0) is 17.6 Å². The van der Waals surface area contributed by atoms with Crippen LogP contribution in [0.25, 0.3) is 0 Å². The molecule has 1 aromatic carbocycles. The molecule has 2 nitrogen and oxygen atoms in total. The van der Waals surface area contributed by atoms with Crippen LogP contribution in [0.15, 0.2) is 12.1 Å². The average molecular weight is 245 g/mol. The van der Waals surface area contributed by atoms with Crippen LogP contribution in [0.5, 0.6) is 0 Å². The van der Waals surface area contributed by atoms with Gasteiger partial charge in [-0.3, -0.25) is 4.79 Å². The SMILES string of the molecule is CC(=O)N(C)C1Cc2c(C)cc(C)cc2CC1C. The summed E-state index contributed by atoms with van der Waals surface area (Å²) in [5, 5.41) is 0. The number of hydrogen-bond acceptors (Lipinski definition) is 1. The molecule has 0 heterocycles. The summed E-state index contributed by atoms with van der Waals surface area (Å²) >= 11 is 0. The Labute approximate surface area is 110 Å². The summed E-state index contributed by atoms with van der Waals surface area (Å²) in [4.78, 5) is 13.5. The number of amides is 1. The predicted molar refractivity (Wildman–Crippen MR) is 74.7 cm³/mol. The van der Waals surface area contributed by atoms with E-state index in [0.29, 0.717) is 12.0 Å². The van der Waals surface area contributed by atoms with E-state index in [4.69, 9.17) is 0 Å². The third-order valence-electron chi connectivity index (χ3n) is 4.32. The first-order valence-corrected chi connectivity index (χ1v) is 6.72. The number of fused-ring (bicyclic) bond motifs is 1. The molecule has 1 amide bonds. The topological polar surface area (TPSA) is 20.3 Å². The van der Waals surface area contributed by atoms with E-state index in [0.717, 1.165) is 12.8 Å². The van der Waals surface area contributed by atoms with Gasteiger partial charge in [0.25, 0.3) is 0 Å². The zero-order chi connectivity index (χ0) is 13.4. The molecular weight excluding hydrogens is 222 g/mol. The minimum atomic E-state index is 0.167. The zero-order valence-electron chi connectivity index (χ0n) is 12.1. The number of rotatable bonds is 1. The van der Waals surface area contributed by atoms with Crippen LogP contribution < -0.4 is 0 Å². The van der Waals surface area contributed by atoms with E-state index in [2.05, 4.69) is 32.9 Å². The molecule has 0 aliphatic heterocycles. The maximum Gasteiger partial charge on any atom is 0.219 e. The molecule has 0 saturated heterocycles. The molecule has 0 aromatic heterocycles. The Hall–Kier alpha value is -1.31. The Kier molecular flexibility index (Phi) is 3.47. The molecule has 2 unspecified atom stereocenters. The third kappa shape index (κ3) is 2.29. The lowest BCUT2D eigenvalue weighted by molar-refractivity contribution is -0.130. The molecule has 98 valence electrons. The molecule has 0 radical (unpaired) electrons. The molecule has 2 rings (SSSR count). The van der Waals surface area contributed by atoms with E-state index in [9.17, 15) is 4.79 Å². The first-order chi connectivity index (χ1) is 8.40. The van der Waals surface area contributed by atoms with Crippen molar-refractivity contribution >= 4 is 5.91 Å². The van der Waals surface area contributed by atoms with Gasteiger partial charge >= 0.3 is 0 Å². The molecule has 1 aromatic rings. The molecule has 2 heteroatoms. The van der Waals surface area contributed by atoms with Crippen molar-refractivity contribution in [1.82, 2.24) is 4.90 Å². The summed E-state index contributed by atoms with van der Waals surface area (Å²) in [6.07, 6.45) is 2.08. The lowest BCUT2D eigenvalue weighted by Gasteiger charge is -2.37. The van der Waals surface area contributed by atoms with Crippen LogP contribution in [0.2, 0.25) is 0 Å². The van der Waals surface area contributed by atoms with Gasteiger partial charge in [0.1, 0.15) is 0 Å². The zero-order valence-corrected chi connectivity index (χ0v) is 12.1. The van der Waals surface area contributed by atoms with Crippen LogP contribution in [0.3, 0.4) is 0 Å². The van der Waals surface area contributed by atoms with Crippen molar-refractivity contribution in [2.45, 2.75) is 46.6 Å². The maximum atomic E-state index is 11.6. The van der Waals surface area contributed by atoms with Crippen molar-refractivity contribution in [3.05, 3.63) is 34.4 Å². The summed E-state index contributed by atoms with van der Waals surface area (Å²) in [5.74, 6) is 0.702. The van der Waals surface area contributed by atoms with E-state index in [-0.39, 0.29) is 5.91 Å². The van der Waals surface area contributed by atoms with Crippen molar-refractivity contribution in [2.75, 3.05) is 7.05 Å². The number of benzene rings is 1. The Morgan fingerprint density at radius 2 is 1.94 bits per heavy atom. The second-order valence-corrected chi connectivity index (χ2v) is 5.80. The Bertz CT molecular complexity index is 478. The second kappa shape index (κ2) is 4.75. The molecule has 0 N–H and O–H groups in total. The molecule has 18 heavy (non-hydrogen) atoms. The van der Waals surface area contributed by atoms with Gasteiger partial charge in [0.05, 0.1) is 0 Å². The Morgan fingerprint density at radius 1 is 1.28 bits per heavy atom. The van der Waals surface area contributed by atoms with Crippen LogP contribution in [-0.4, -0.2) is 23.9 Å². The fourth-order valence-corrected chi connectivity index (χ4v) is 3.21. The Balaban J connectivity index is 2.35. The molecule has 2 atom stereocenters. The van der Waals surface area contributed by atoms with Gasteiger partial charge < -0.3 is 4.90 Å². The maximum absolute atomic E-state index is 11.6. The predicted octanol–water partition coefficient (Wildman–Crippen LogP) is 2.89. The largest absolute Gasteiger partial charge is 0.342 e. The van der Waals surface area contributed by atoms with Gasteiger partial charge in [-0.1, -0.05) is 24.6 Å². The van der Waals surface area contributed by atoms with Crippen LogP contribution >= 0.6 is 0 Å². The summed E-state index contributed by atoms with van der Waals surface area (Å²) in [5.41, 5.74) is 5.65. The highest BCUT2D eigenvalue weighted by atomic mass is 16.2. The average Bonchev–Trinajstić information content (AvgIpc) is 2.26. The molecule has 0 saturated carbocycles. The van der Waals surface area contributed by atoms with Crippen molar-refractivity contribution < 1.29 is 4.79 Å². The number of carbonyl (C=O) groups is 1. The summed E-state index contributed by atoms with van der Waals surface area (Å²) in [7, 11) is 1.93. The molecule has 0 bridgehead atoms. The highest BCUT2D eigenvalue weighted by Crippen LogP contribution is 2.31. The fraction of sp³-hybridized carbons (Fsp3) is 0.562. The van der Waals surface area contributed by atoms with Crippen LogP contribution in [0, 0.1) is 19.8 Å². The third-order valence-corrected chi connectivity index (χ3v) is 4.32. The number of likely N-dealkylation sites (N-methyl/N-ethyl adjacent to an activating group) is 1. The van der Waals surface area contributed by atoms with E-state index in [1.807, 2.05) is 11.9 Å². The lowest BCUT2D eigenvalue weighted by Crippen LogP contribution is -2.44. The summed E-state index contributed by atoms with van der Waals surface area (Å²) < 4.78 is 0. The number of carbonyl (C=O) groups excluding carboxylic acids is 1. The van der Waals surface area contributed by atoms with Gasteiger partial charge in [-0.15, -0.1) is 0 Å². The minimum Gasteiger partial charge on any atom is -0.342 e. The summed E-state index contributed by atoms with van der Waals surface area (Å²) in [6, 6.07) is 4.90. The number of hydrogen-bond donors (Lipinski definition) is 0. The first-order valence-electron chi connectivity index (χ1n) is 6.72. The highest BCUT2D eigenvalue weighted by Gasteiger charge is 2.30. The van der Waals surface area contributed by atoms with E-state index in [1.54, 1.807) is 6.92 Å². The standard InChI is InChI=1S/C16H23NO/c1-10-6-11(2)15-9-16(17(5)13(4)18)12(3)8-14(15)7-10/h6-7,12,16H,8-9H2,1-5H3. The highest BCUT2D eigenvalue weighted by molar-refractivity contribution is 5.73. The van der Waals surface area contributed by atoms with Crippen LogP contribution in [0.4, 0.5) is 0 Å².